The lowest BCUT2D eigenvalue weighted by Gasteiger charge is -2.32. The molecule has 1 aromatic heterocycles. The third-order valence-electron chi connectivity index (χ3n) is 4.27. The summed E-state index contributed by atoms with van der Waals surface area (Å²) in [6.45, 7) is 0.994. The summed E-state index contributed by atoms with van der Waals surface area (Å²) in [6, 6.07) is 9.07. The minimum Gasteiger partial charge on any atom is -0.349 e. The van der Waals surface area contributed by atoms with Gasteiger partial charge < -0.3 is 10.2 Å². The fraction of sp³-hybridized carbons (Fsp3) is 0.278. The Morgan fingerprint density at radius 1 is 1.04 bits per heavy atom. The van der Waals surface area contributed by atoms with E-state index in [-0.39, 0.29) is 38.6 Å². The predicted molar refractivity (Wildman–Crippen MR) is 102 cm³/mol. The molecular weight excluding hydrogens is 397 g/mol. The fourth-order valence-corrected chi connectivity index (χ4v) is 3.39. The van der Waals surface area contributed by atoms with Gasteiger partial charge in [0.25, 0.3) is 11.8 Å². The molecule has 0 spiro atoms. The molecule has 0 radical (unpaired) electrons. The molecule has 8 heteroatoms. The molecule has 0 atom stereocenters. The lowest BCUT2D eigenvalue weighted by molar-refractivity contribution is 0.0692. The Morgan fingerprint density at radius 3 is 2.35 bits per heavy atom. The molecule has 5 nitrogen and oxygen atoms in total. The van der Waals surface area contributed by atoms with Gasteiger partial charge in [0.05, 0.1) is 15.1 Å². The first-order chi connectivity index (χ1) is 12.5. The first-order valence-corrected chi connectivity index (χ1v) is 9.25. The largest absolute Gasteiger partial charge is 0.349 e. The van der Waals surface area contributed by atoms with Gasteiger partial charge in [0.15, 0.2) is 0 Å². The maximum absolute atomic E-state index is 12.6. The molecule has 2 aromatic rings. The van der Waals surface area contributed by atoms with Gasteiger partial charge in [-0.15, -0.1) is 0 Å². The highest BCUT2D eigenvalue weighted by Gasteiger charge is 2.27. The summed E-state index contributed by atoms with van der Waals surface area (Å²) in [4.78, 5) is 30.5. The van der Waals surface area contributed by atoms with Crippen molar-refractivity contribution in [3.8, 4) is 0 Å². The van der Waals surface area contributed by atoms with E-state index in [1.807, 2.05) is 18.2 Å². The van der Waals surface area contributed by atoms with Crippen molar-refractivity contribution < 1.29 is 9.59 Å². The number of hydrogen-bond acceptors (Lipinski definition) is 3. The van der Waals surface area contributed by atoms with E-state index in [0.29, 0.717) is 31.5 Å². The van der Waals surface area contributed by atoms with Crippen LogP contribution in [-0.2, 0) is 0 Å². The van der Waals surface area contributed by atoms with Crippen molar-refractivity contribution in [2.45, 2.75) is 18.9 Å². The van der Waals surface area contributed by atoms with Gasteiger partial charge in [-0.05, 0) is 25.0 Å². The molecule has 3 rings (SSSR count). The Hall–Kier alpha value is -1.82. The molecule has 0 bridgehead atoms. The molecule has 136 valence electrons. The summed E-state index contributed by atoms with van der Waals surface area (Å²) in [5, 5.41) is 3.39. The van der Waals surface area contributed by atoms with Crippen molar-refractivity contribution in [1.29, 1.82) is 0 Å². The predicted octanol–water partition coefficient (Wildman–Crippen LogP) is 4.08. The van der Waals surface area contributed by atoms with Crippen LogP contribution in [0.25, 0.3) is 0 Å². The van der Waals surface area contributed by atoms with Gasteiger partial charge in [0.2, 0.25) is 0 Å². The smallest absolute Gasteiger partial charge is 0.274 e. The van der Waals surface area contributed by atoms with Crippen molar-refractivity contribution >= 4 is 46.6 Å². The standard InChI is InChI=1S/C18H16Cl3N3O2/c19-13-10-22-16(15(21)14(13)20)18(26)24-8-6-12(7-9-24)23-17(25)11-4-2-1-3-5-11/h1-5,10,12H,6-9H2,(H,23,25). The van der Waals surface area contributed by atoms with Crippen LogP contribution in [0, 0.1) is 0 Å². The summed E-state index contributed by atoms with van der Waals surface area (Å²) in [5.74, 6) is -0.397. The van der Waals surface area contributed by atoms with Gasteiger partial charge in [-0.1, -0.05) is 53.0 Å². The number of rotatable bonds is 3. The minimum atomic E-state index is -0.290. The number of carbonyl (C=O) groups is 2. The molecular formula is C18H16Cl3N3O2. The van der Waals surface area contributed by atoms with Crippen LogP contribution in [-0.4, -0.2) is 40.8 Å². The van der Waals surface area contributed by atoms with Crippen molar-refractivity contribution in [3.63, 3.8) is 0 Å². The van der Waals surface area contributed by atoms with E-state index < -0.39 is 0 Å². The summed E-state index contributed by atoms with van der Waals surface area (Å²) in [6.07, 6.45) is 2.63. The van der Waals surface area contributed by atoms with Crippen LogP contribution >= 0.6 is 34.8 Å². The summed E-state index contributed by atoms with van der Waals surface area (Å²) in [7, 11) is 0. The molecule has 0 saturated carbocycles. The number of carbonyl (C=O) groups excluding carboxylic acids is 2. The quantitative estimate of drug-likeness (QED) is 0.826. The van der Waals surface area contributed by atoms with Gasteiger partial charge in [-0.3, -0.25) is 9.59 Å². The maximum Gasteiger partial charge on any atom is 0.274 e. The monoisotopic (exact) mass is 411 g/mol. The Kier molecular flexibility index (Phi) is 6.01. The van der Waals surface area contributed by atoms with Crippen LogP contribution in [0.1, 0.15) is 33.7 Å². The minimum absolute atomic E-state index is 0.0176. The Morgan fingerprint density at radius 2 is 1.69 bits per heavy atom. The third-order valence-corrected chi connectivity index (χ3v) is 5.51. The highest BCUT2D eigenvalue weighted by Crippen LogP contribution is 2.32. The molecule has 2 amide bonds. The Balaban J connectivity index is 1.59. The molecule has 0 aliphatic carbocycles. The zero-order chi connectivity index (χ0) is 18.7. The number of hydrogen-bond donors (Lipinski definition) is 1. The SMILES string of the molecule is O=C(NC1CCN(C(=O)c2ncc(Cl)c(Cl)c2Cl)CC1)c1ccccc1. The van der Waals surface area contributed by atoms with Crippen molar-refractivity contribution in [3.05, 3.63) is 62.9 Å². The van der Waals surface area contributed by atoms with Gasteiger partial charge in [0, 0.05) is 30.9 Å². The Labute approximate surface area is 166 Å². The maximum atomic E-state index is 12.6. The molecule has 1 N–H and O–H groups in total. The topological polar surface area (TPSA) is 62.3 Å². The fourth-order valence-electron chi connectivity index (χ4n) is 2.83. The number of nitrogens with one attached hydrogen (secondary N) is 1. The number of amides is 2. The average Bonchev–Trinajstić information content (AvgIpc) is 2.67. The molecule has 0 unspecified atom stereocenters. The van der Waals surface area contributed by atoms with E-state index >= 15 is 0 Å². The molecule has 2 heterocycles. The van der Waals surface area contributed by atoms with Gasteiger partial charge >= 0.3 is 0 Å². The second-order valence-electron chi connectivity index (χ2n) is 5.99. The van der Waals surface area contributed by atoms with Gasteiger partial charge in [-0.25, -0.2) is 4.98 Å². The van der Waals surface area contributed by atoms with Gasteiger partial charge in [0.1, 0.15) is 5.69 Å². The number of likely N-dealkylation sites (tertiary alicyclic amines) is 1. The van der Waals surface area contributed by atoms with Gasteiger partial charge in [-0.2, -0.15) is 0 Å². The zero-order valence-corrected chi connectivity index (χ0v) is 16.0. The normalized spacial score (nSPS) is 15.0. The first kappa shape index (κ1) is 19.0. The van der Waals surface area contributed by atoms with E-state index in [9.17, 15) is 9.59 Å². The van der Waals surface area contributed by atoms with Crippen LogP contribution < -0.4 is 5.32 Å². The highest BCUT2D eigenvalue weighted by molar-refractivity contribution is 6.48. The number of piperidine rings is 1. The van der Waals surface area contributed by atoms with Crippen LogP contribution in [0.3, 0.4) is 0 Å². The lowest BCUT2D eigenvalue weighted by Crippen LogP contribution is -2.46. The number of benzene rings is 1. The molecule has 26 heavy (non-hydrogen) atoms. The highest BCUT2D eigenvalue weighted by atomic mass is 35.5. The van der Waals surface area contributed by atoms with Crippen LogP contribution in [0.15, 0.2) is 36.5 Å². The second kappa shape index (κ2) is 8.25. The molecule has 1 saturated heterocycles. The zero-order valence-electron chi connectivity index (χ0n) is 13.7. The lowest BCUT2D eigenvalue weighted by atomic mass is 10.0. The average molecular weight is 413 g/mol. The van der Waals surface area contributed by atoms with Crippen molar-refractivity contribution in [2.24, 2.45) is 0 Å². The summed E-state index contributed by atoms with van der Waals surface area (Å²) in [5.41, 5.74) is 0.714. The van der Waals surface area contributed by atoms with E-state index in [0.717, 1.165) is 0 Å². The van der Waals surface area contributed by atoms with E-state index in [2.05, 4.69) is 10.3 Å². The Bertz CT molecular complexity index is 822. The van der Waals surface area contributed by atoms with Crippen molar-refractivity contribution in [1.82, 2.24) is 15.2 Å². The molecule has 1 aromatic carbocycles. The molecule has 1 aliphatic heterocycles. The van der Waals surface area contributed by atoms with Crippen LogP contribution in [0.2, 0.25) is 15.1 Å². The number of nitrogens with zero attached hydrogens (tertiary/aromatic N) is 2. The molecule has 1 fully saturated rings. The second-order valence-corrected chi connectivity index (χ2v) is 7.15. The summed E-state index contributed by atoms with van der Waals surface area (Å²) >= 11 is 17.9. The van der Waals surface area contributed by atoms with E-state index in [4.69, 9.17) is 34.8 Å². The number of pyridine rings is 1. The van der Waals surface area contributed by atoms with E-state index in [1.54, 1.807) is 17.0 Å². The van der Waals surface area contributed by atoms with Crippen molar-refractivity contribution in [2.75, 3.05) is 13.1 Å². The first-order valence-electron chi connectivity index (χ1n) is 8.12. The molecule has 1 aliphatic rings. The van der Waals surface area contributed by atoms with Crippen LogP contribution in [0.4, 0.5) is 0 Å². The summed E-state index contributed by atoms with van der Waals surface area (Å²) < 4.78 is 0. The number of aromatic nitrogens is 1. The van der Waals surface area contributed by atoms with Crippen LogP contribution in [0.5, 0.6) is 0 Å². The number of halogens is 3. The van der Waals surface area contributed by atoms with E-state index in [1.165, 1.54) is 6.20 Å². The third kappa shape index (κ3) is 4.11.